The van der Waals surface area contributed by atoms with E-state index in [0.29, 0.717) is 0 Å². The molecule has 0 aliphatic heterocycles. The van der Waals surface area contributed by atoms with Gasteiger partial charge in [-0.15, -0.1) is 0 Å². The van der Waals surface area contributed by atoms with E-state index in [1.54, 1.807) is 0 Å². The SMILES string of the molecule is c1ccc(-n2c3ccccc3c3ccc(-c4ccc5c(c4)c4ccccc4n5-c4ccc(-c5ccc6c(ccc7ccccc76)c5)cc4)cc32)cc1. The second-order valence-corrected chi connectivity index (χ2v) is 13.8. The van der Waals surface area contributed by atoms with Gasteiger partial charge >= 0.3 is 0 Å². The van der Waals surface area contributed by atoms with E-state index < -0.39 is 0 Å². The van der Waals surface area contributed by atoms with Gasteiger partial charge in [0.05, 0.1) is 22.1 Å². The minimum atomic E-state index is 1.16. The Balaban J connectivity index is 1.02. The zero-order valence-corrected chi connectivity index (χ0v) is 28.4. The standard InChI is InChI=1S/C50H32N2/c1-2-11-39(12-3-1)52-47-16-8-6-14-43(47)45-28-23-37(32-50(45)52)36-24-29-49-46(31-36)44-15-7-9-17-48(44)51(49)40-25-20-33(21-26-40)35-22-27-42-38(30-35)19-18-34-10-4-5-13-41(34)42/h1-32H. The van der Waals surface area contributed by atoms with Crippen molar-refractivity contribution in [2.75, 3.05) is 0 Å². The van der Waals surface area contributed by atoms with Gasteiger partial charge in [-0.25, -0.2) is 0 Å². The summed E-state index contributed by atoms with van der Waals surface area (Å²) >= 11 is 0. The van der Waals surface area contributed by atoms with Crippen molar-refractivity contribution < 1.29 is 0 Å². The Hall–Kier alpha value is -6.90. The molecule has 2 heteroatoms. The van der Waals surface area contributed by atoms with Gasteiger partial charge in [0, 0.05) is 32.9 Å². The molecular weight excluding hydrogens is 629 g/mol. The molecule has 242 valence electrons. The summed E-state index contributed by atoms with van der Waals surface area (Å²) in [6.07, 6.45) is 0. The van der Waals surface area contributed by atoms with Crippen molar-refractivity contribution in [2.45, 2.75) is 0 Å². The topological polar surface area (TPSA) is 9.86 Å². The third-order valence-corrected chi connectivity index (χ3v) is 10.9. The van der Waals surface area contributed by atoms with Crippen LogP contribution in [0.4, 0.5) is 0 Å². The summed E-state index contributed by atoms with van der Waals surface area (Å²) < 4.78 is 4.79. The minimum Gasteiger partial charge on any atom is -0.309 e. The fraction of sp³-hybridized carbons (Fsp3) is 0. The van der Waals surface area contributed by atoms with E-state index in [-0.39, 0.29) is 0 Å². The number of fused-ring (bicyclic) bond motifs is 9. The van der Waals surface area contributed by atoms with Gasteiger partial charge in [0.15, 0.2) is 0 Å². The maximum atomic E-state index is 2.40. The van der Waals surface area contributed by atoms with Gasteiger partial charge in [0.1, 0.15) is 0 Å². The lowest BCUT2D eigenvalue weighted by molar-refractivity contribution is 1.18. The van der Waals surface area contributed by atoms with Crippen molar-refractivity contribution >= 4 is 65.2 Å². The fourth-order valence-electron chi connectivity index (χ4n) is 8.43. The van der Waals surface area contributed by atoms with Gasteiger partial charge in [0.25, 0.3) is 0 Å². The number of hydrogen-bond donors (Lipinski definition) is 0. The fourth-order valence-corrected chi connectivity index (χ4v) is 8.43. The molecule has 0 bridgehead atoms. The zero-order valence-electron chi connectivity index (χ0n) is 28.4. The average Bonchev–Trinajstić information content (AvgIpc) is 3.73. The first-order chi connectivity index (χ1) is 25.8. The molecule has 0 spiro atoms. The Morgan fingerprint density at radius 1 is 0.231 bits per heavy atom. The van der Waals surface area contributed by atoms with Crippen molar-refractivity contribution in [1.29, 1.82) is 0 Å². The summed E-state index contributed by atoms with van der Waals surface area (Å²) in [4.78, 5) is 0. The molecule has 2 nitrogen and oxygen atoms in total. The number of aromatic nitrogens is 2. The number of rotatable bonds is 4. The second kappa shape index (κ2) is 11.3. The highest BCUT2D eigenvalue weighted by Crippen LogP contribution is 2.39. The van der Waals surface area contributed by atoms with E-state index in [0.717, 1.165) is 5.69 Å². The predicted molar refractivity (Wildman–Crippen MR) is 221 cm³/mol. The Morgan fingerprint density at radius 2 is 0.712 bits per heavy atom. The van der Waals surface area contributed by atoms with Crippen LogP contribution in [0.15, 0.2) is 194 Å². The van der Waals surface area contributed by atoms with Crippen molar-refractivity contribution in [2.24, 2.45) is 0 Å². The van der Waals surface area contributed by atoms with Crippen LogP contribution in [0.5, 0.6) is 0 Å². The molecule has 0 radical (unpaired) electrons. The molecule has 0 fully saturated rings. The molecular formula is C50H32N2. The monoisotopic (exact) mass is 660 g/mol. The summed E-state index contributed by atoms with van der Waals surface area (Å²) in [5.74, 6) is 0. The van der Waals surface area contributed by atoms with Crippen LogP contribution in [-0.2, 0) is 0 Å². The van der Waals surface area contributed by atoms with Crippen molar-refractivity contribution in [3.05, 3.63) is 194 Å². The van der Waals surface area contributed by atoms with Crippen LogP contribution in [0.1, 0.15) is 0 Å². The van der Waals surface area contributed by atoms with Crippen LogP contribution in [0.25, 0.3) is 98.8 Å². The van der Waals surface area contributed by atoms with Gasteiger partial charge in [-0.1, -0.05) is 133 Å². The molecule has 0 unspecified atom stereocenters. The molecule has 0 saturated heterocycles. The van der Waals surface area contributed by atoms with Gasteiger partial charge in [-0.3, -0.25) is 0 Å². The Labute approximate surface area is 301 Å². The maximum Gasteiger partial charge on any atom is 0.0547 e. The Morgan fingerprint density at radius 3 is 1.50 bits per heavy atom. The number of benzene rings is 9. The molecule has 0 amide bonds. The molecule has 11 rings (SSSR count). The molecule has 0 atom stereocenters. The van der Waals surface area contributed by atoms with Crippen LogP contribution < -0.4 is 0 Å². The highest BCUT2D eigenvalue weighted by atomic mass is 15.0. The highest BCUT2D eigenvalue weighted by Gasteiger charge is 2.16. The molecule has 2 aromatic heterocycles. The van der Waals surface area contributed by atoms with Crippen LogP contribution >= 0.6 is 0 Å². The molecule has 11 aromatic rings. The largest absolute Gasteiger partial charge is 0.309 e. The third kappa shape index (κ3) is 4.38. The van der Waals surface area contributed by atoms with Crippen LogP contribution in [0, 0.1) is 0 Å². The maximum absolute atomic E-state index is 2.40. The van der Waals surface area contributed by atoms with E-state index in [9.17, 15) is 0 Å². The van der Waals surface area contributed by atoms with E-state index in [4.69, 9.17) is 0 Å². The van der Waals surface area contributed by atoms with Gasteiger partial charge in [-0.05, 0) is 104 Å². The molecule has 0 aliphatic rings. The van der Waals surface area contributed by atoms with Crippen molar-refractivity contribution in [3.63, 3.8) is 0 Å². The van der Waals surface area contributed by atoms with Crippen molar-refractivity contribution in [3.8, 4) is 33.6 Å². The van der Waals surface area contributed by atoms with Crippen LogP contribution in [0.2, 0.25) is 0 Å². The smallest absolute Gasteiger partial charge is 0.0547 e. The summed E-state index contributed by atoms with van der Waals surface area (Å²) in [7, 11) is 0. The predicted octanol–water partition coefficient (Wildman–Crippen LogP) is 13.5. The zero-order chi connectivity index (χ0) is 34.2. The lowest BCUT2D eigenvalue weighted by Crippen LogP contribution is -1.94. The number of nitrogens with zero attached hydrogens (tertiary/aromatic N) is 2. The van der Waals surface area contributed by atoms with Crippen LogP contribution in [0.3, 0.4) is 0 Å². The Kier molecular flexibility index (Phi) is 6.28. The van der Waals surface area contributed by atoms with E-state index in [1.165, 1.54) is 93.1 Å². The quantitative estimate of drug-likeness (QED) is 0.166. The van der Waals surface area contributed by atoms with E-state index >= 15 is 0 Å². The lowest BCUT2D eigenvalue weighted by atomic mass is 9.97. The first kappa shape index (κ1) is 28.9. The summed E-state index contributed by atoms with van der Waals surface area (Å²) in [6.45, 7) is 0. The second-order valence-electron chi connectivity index (χ2n) is 13.8. The first-order valence-corrected chi connectivity index (χ1v) is 17.9. The lowest BCUT2D eigenvalue weighted by Gasteiger charge is -2.11. The average molecular weight is 661 g/mol. The van der Waals surface area contributed by atoms with Gasteiger partial charge in [-0.2, -0.15) is 0 Å². The van der Waals surface area contributed by atoms with Gasteiger partial charge in [0.2, 0.25) is 0 Å². The number of para-hydroxylation sites is 3. The molecule has 52 heavy (non-hydrogen) atoms. The van der Waals surface area contributed by atoms with E-state index in [2.05, 4.69) is 203 Å². The van der Waals surface area contributed by atoms with Crippen LogP contribution in [-0.4, -0.2) is 9.13 Å². The third-order valence-electron chi connectivity index (χ3n) is 10.9. The molecule has 0 aliphatic carbocycles. The van der Waals surface area contributed by atoms with Crippen molar-refractivity contribution in [1.82, 2.24) is 9.13 Å². The molecule has 0 saturated carbocycles. The molecule has 2 heterocycles. The molecule has 0 N–H and O–H groups in total. The minimum absolute atomic E-state index is 1.16. The normalized spacial score (nSPS) is 11.8. The van der Waals surface area contributed by atoms with Gasteiger partial charge < -0.3 is 9.13 Å². The molecule has 9 aromatic carbocycles. The summed E-state index contributed by atoms with van der Waals surface area (Å²) in [5.41, 5.74) is 12.0. The summed E-state index contributed by atoms with van der Waals surface area (Å²) in [5, 5.41) is 10.2. The number of hydrogen-bond acceptors (Lipinski definition) is 0. The van der Waals surface area contributed by atoms with E-state index in [1.807, 2.05) is 0 Å². The summed E-state index contributed by atoms with van der Waals surface area (Å²) in [6, 6.07) is 71.0. The first-order valence-electron chi connectivity index (χ1n) is 17.9. The Bertz CT molecular complexity index is 3160. The highest BCUT2D eigenvalue weighted by molar-refractivity contribution is 6.13.